The van der Waals surface area contributed by atoms with E-state index in [0.717, 1.165) is 22.3 Å². The largest absolute Gasteiger partial charge is 0.504 e. The molecule has 1 aliphatic rings. The summed E-state index contributed by atoms with van der Waals surface area (Å²) in [7, 11) is 0. The second-order valence-corrected chi connectivity index (χ2v) is 8.08. The summed E-state index contributed by atoms with van der Waals surface area (Å²) in [5.74, 6) is -1.61. The molecule has 6 nitrogen and oxygen atoms in total. The van der Waals surface area contributed by atoms with E-state index < -0.39 is 30.1 Å². The van der Waals surface area contributed by atoms with Crippen LogP contribution >= 0.6 is 0 Å². The molecule has 0 saturated heterocycles. The number of benzene rings is 4. The fourth-order valence-electron chi connectivity index (χ4n) is 5.23. The Kier molecular flexibility index (Phi) is 4.78. The molecule has 4 aromatic rings. The van der Waals surface area contributed by atoms with Crippen molar-refractivity contribution in [3.8, 4) is 34.1 Å². The van der Waals surface area contributed by atoms with Crippen molar-refractivity contribution >= 4 is 0 Å². The molecule has 166 valence electrons. The van der Waals surface area contributed by atoms with E-state index in [9.17, 15) is 30.6 Å². The van der Waals surface area contributed by atoms with Crippen molar-refractivity contribution < 1.29 is 30.6 Å². The van der Waals surface area contributed by atoms with Crippen molar-refractivity contribution in [3.05, 3.63) is 106 Å². The zero-order valence-electron chi connectivity index (χ0n) is 17.5. The van der Waals surface area contributed by atoms with E-state index in [4.69, 9.17) is 0 Å². The fraction of sp³-hybridized carbons (Fsp3) is 0.111. The van der Waals surface area contributed by atoms with Crippen LogP contribution in [0.5, 0.6) is 23.0 Å². The van der Waals surface area contributed by atoms with Gasteiger partial charge < -0.3 is 30.6 Å². The number of aromatic hydroxyl groups is 4. The lowest BCUT2D eigenvalue weighted by molar-refractivity contribution is 0.268. The van der Waals surface area contributed by atoms with E-state index in [1.807, 2.05) is 48.5 Å². The maximum absolute atomic E-state index is 10.7. The second kappa shape index (κ2) is 7.55. The minimum Gasteiger partial charge on any atom is -0.504 e. The molecule has 0 fully saturated rings. The van der Waals surface area contributed by atoms with Gasteiger partial charge in [-0.05, 0) is 45.5 Å². The maximum atomic E-state index is 10.7. The van der Waals surface area contributed by atoms with Crippen molar-refractivity contribution in [1.82, 2.24) is 0 Å². The molecule has 4 aromatic carbocycles. The minimum absolute atomic E-state index is 0.123. The minimum atomic E-state index is -1.17. The molecule has 0 atom stereocenters. The summed E-state index contributed by atoms with van der Waals surface area (Å²) >= 11 is 0. The summed E-state index contributed by atoms with van der Waals surface area (Å²) in [6.07, 6.45) is 0. The number of phenolic OH excluding ortho intramolecular Hbond substituents is 2. The van der Waals surface area contributed by atoms with Gasteiger partial charge in [0.1, 0.15) is 0 Å². The Labute approximate surface area is 189 Å². The summed E-state index contributed by atoms with van der Waals surface area (Å²) in [5.41, 5.74) is 3.50. The quantitative estimate of drug-likeness (QED) is 0.235. The topological polar surface area (TPSA) is 121 Å². The van der Waals surface area contributed by atoms with Crippen LogP contribution in [0.25, 0.3) is 11.1 Å². The van der Waals surface area contributed by atoms with E-state index in [2.05, 4.69) is 0 Å². The Morgan fingerprint density at radius 3 is 1.27 bits per heavy atom. The molecule has 33 heavy (non-hydrogen) atoms. The van der Waals surface area contributed by atoms with E-state index >= 15 is 0 Å². The van der Waals surface area contributed by atoms with Gasteiger partial charge in [-0.3, -0.25) is 0 Å². The van der Waals surface area contributed by atoms with Gasteiger partial charge in [-0.15, -0.1) is 0 Å². The summed E-state index contributed by atoms with van der Waals surface area (Å²) < 4.78 is 0. The van der Waals surface area contributed by atoms with Crippen LogP contribution in [-0.2, 0) is 18.6 Å². The zero-order chi connectivity index (χ0) is 23.3. The van der Waals surface area contributed by atoms with Gasteiger partial charge in [0, 0.05) is 11.1 Å². The predicted octanol–water partition coefficient (Wildman–Crippen LogP) is 3.86. The number of fused-ring (bicyclic) bond motifs is 3. The molecule has 0 saturated carbocycles. The first-order chi connectivity index (χ1) is 16.0. The summed E-state index contributed by atoms with van der Waals surface area (Å²) in [4.78, 5) is 0. The number of aliphatic hydroxyl groups excluding tert-OH is 2. The van der Waals surface area contributed by atoms with E-state index in [0.29, 0.717) is 11.1 Å². The molecule has 1 aliphatic carbocycles. The van der Waals surface area contributed by atoms with Crippen molar-refractivity contribution in [2.45, 2.75) is 18.6 Å². The van der Waals surface area contributed by atoms with Crippen molar-refractivity contribution in [3.63, 3.8) is 0 Å². The standard InChI is InChI=1S/C27H22O6/c28-13-17-21(9-11-23(30)25(17)32)27(22-10-12-24(31)26(33)18(22)14-29)19-7-3-1-5-15(19)16-6-2-4-8-20(16)27/h1-12,28-33H,13-14H2. The SMILES string of the molecule is OCc1c(C2(c3ccc(O)c(O)c3CO)c3ccccc3-c3ccccc32)ccc(O)c1O. The van der Waals surface area contributed by atoms with Crippen molar-refractivity contribution in [2.75, 3.05) is 0 Å². The highest BCUT2D eigenvalue weighted by Crippen LogP contribution is 2.59. The highest BCUT2D eigenvalue weighted by atomic mass is 16.3. The van der Waals surface area contributed by atoms with Crippen molar-refractivity contribution in [2.24, 2.45) is 0 Å². The van der Waals surface area contributed by atoms with E-state index in [-0.39, 0.29) is 22.6 Å². The van der Waals surface area contributed by atoms with Crippen LogP contribution in [-0.4, -0.2) is 30.6 Å². The molecule has 0 spiro atoms. The van der Waals surface area contributed by atoms with Gasteiger partial charge in [0.05, 0.1) is 18.6 Å². The first-order valence-corrected chi connectivity index (χ1v) is 10.5. The number of phenols is 4. The molecule has 6 N–H and O–H groups in total. The molecular formula is C27H22O6. The maximum Gasteiger partial charge on any atom is 0.163 e. The molecular weight excluding hydrogens is 420 g/mol. The molecule has 0 aromatic heterocycles. The number of aliphatic hydroxyl groups is 2. The van der Waals surface area contributed by atoms with Crippen LogP contribution in [0.1, 0.15) is 33.4 Å². The smallest absolute Gasteiger partial charge is 0.163 e. The first-order valence-electron chi connectivity index (χ1n) is 10.5. The van der Waals surface area contributed by atoms with Gasteiger partial charge in [-0.1, -0.05) is 60.7 Å². The molecule has 0 aliphatic heterocycles. The number of hydrogen-bond acceptors (Lipinski definition) is 6. The third-order valence-corrected chi connectivity index (χ3v) is 6.60. The summed E-state index contributed by atoms with van der Waals surface area (Å²) in [6.45, 7) is -1.11. The molecule has 0 heterocycles. The fourth-order valence-corrected chi connectivity index (χ4v) is 5.23. The van der Waals surface area contributed by atoms with E-state index in [1.54, 1.807) is 12.1 Å². The second-order valence-electron chi connectivity index (χ2n) is 8.08. The average Bonchev–Trinajstić information content (AvgIpc) is 3.13. The normalized spacial score (nSPS) is 13.5. The molecule has 0 amide bonds. The lowest BCUT2D eigenvalue weighted by atomic mass is 9.65. The van der Waals surface area contributed by atoms with Gasteiger partial charge in [-0.25, -0.2) is 0 Å². The Balaban J connectivity index is 2.05. The Morgan fingerprint density at radius 1 is 0.485 bits per heavy atom. The average molecular weight is 442 g/mol. The Bertz CT molecular complexity index is 1280. The summed E-state index contributed by atoms with van der Waals surface area (Å²) in [6, 6.07) is 21.3. The van der Waals surface area contributed by atoms with Crippen LogP contribution in [0.2, 0.25) is 0 Å². The van der Waals surface area contributed by atoms with Gasteiger partial charge in [0.25, 0.3) is 0 Å². The van der Waals surface area contributed by atoms with Crippen LogP contribution in [0.15, 0.2) is 72.8 Å². The molecule has 5 rings (SSSR count). The number of hydrogen-bond donors (Lipinski definition) is 6. The lowest BCUT2D eigenvalue weighted by Crippen LogP contribution is -2.31. The van der Waals surface area contributed by atoms with Crippen LogP contribution in [0, 0.1) is 0 Å². The third-order valence-electron chi connectivity index (χ3n) is 6.60. The molecule has 6 heteroatoms. The highest BCUT2D eigenvalue weighted by molar-refractivity contribution is 5.87. The first kappa shape index (κ1) is 20.9. The van der Waals surface area contributed by atoms with Crippen LogP contribution in [0.4, 0.5) is 0 Å². The van der Waals surface area contributed by atoms with Gasteiger partial charge in [-0.2, -0.15) is 0 Å². The van der Waals surface area contributed by atoms with Gasteiger partial charge in [0.2, 0.25) is 0 Å². The molecule has 0 radical (unpaired) electrons. The summed E-state index contributed by atoms with van der Waals surface area (Å²) in [5, 5.41) is 62.2. The highest BCUT2D eigenvalue weighted by Gasteiger charge is 2.49. The lowest BCUT2D eigenvalue weighted by Gasteiger charge is -2.37. The Hall–Kier alpha value is -4.00. The zero-order valence-corrected chi connectivity index (χ0v) is 17.5. The van der Waals surface area contributed by atoms with Crippen molar-refractivity contribution in [1.29, 1.82) is 0 Å². The van der Waals surface area contributed by atoms with Gasteiger partial charge in [0.15, 0.2) is 23.0 Å². The molecule has 0 unspecified atom stereocenters. The third kappa shape index (κ3) is 2.68. The van der Waals surface area contributed by atoms with Crippen LogP contribution < -0.4 is 0 Å². The van der Waals surface area contributed by atoms with Crippen LogP contribution in [0.3, 0.4) is 0 Å². The number of rotatable bonds is 4. The monoisotopic (exact) mass is 442 g/mol. The predicted molar refractivity (Wildman–Crippen MR) is 122 cm³/mol. The molecule has 0 bridgehead atoms. The Morgan fingerprint density at radius 2 is 0.879 bits per heavy atom. The van der Waals surface area contributed by atoms with E-state index in [1.165, 1.54) is 12.1 Å². The van der Waals surface area contributed by atoms with Gasteiger partial charge >= 0.3 is 0 Å².